The molecule has 0 N–H and O–H groups in total. The maximum Gasteiger partial charge on any atom is 0.123 e. The highest BCUT2D eigenvalue weighted by molar-refractivity contribution is 7.15. The van der Waals surface area contributed by atoms with Crippen molar-refractivity contribution < 1.29 is 4.39 Å². The van der Waals surface area contributed by atoms with Crippen LogP contribution in [0.2, 0.25) is 0 Å². The van der Waals surface area contributed by atoms with Crippen LogP contribution in [0.1, 0.15) is 10.6 Å². The molecule has 1 aromatic carbocycles. The number of halogens is 1. The molecule has 0 amide bonds. The fourth-order valence-corrected chi connectivity index (χ4v) is 2.40. The van der Waals surface area contributed by atoms with Crippen molar-refractivity contribution in [2.24, 2.45) is 0 Å². The Balaban J connectivity index is 2.42. The van der Waals surface area contributed by atoms with Crippen LogP contribution in [0.3, 0.4) is 0 Å². The number of rotatable bonds is 2. The van der Waals surface area contributed by atoms with Gasteiger partial charge in [-0.05, 0) is 19.1 Å². The summed E-state index contributed by atoms with van der Waals surface area (Å²) < 4.78 is 13.0. The molecule has 2 rings (SSSR count). The van der Waals surface area contributed by atoms with Crippen molar-refractivity contribution in [3.63, 3.8) is 0 Å². The van der Waals surface area contributed by atoms with Gasteiger partial charge in [-0.2, -0.15) is 5.26 Å². The second-order valence-electron chi connectivity index (χ2n) is 3.37. The smallest absolute Gasteiger partial charge is 0.123 e. The molecule has 16 heavy (non-hydrogen) atoms. The molecule has 80 valence electrons. The van der Waals surface area contributed by atoms with E-state index in [2.05, 4.69) is 11.1 Å². The van der Waals surface area contributed by atoms with Crippen molar-refractivity contribution >= 4 is 11.3 Å². The summed E-state index contributed by atoms with van der Waals surface area (Å²) in [6.07, 6.45) is 0.360. The van der Waals surface area contributed by atoms with Gasteiger partial charge in [0.2, 0.25) is 0 Å². The predicted octanol–water partition coefficient (Wildman–Crippen LogP) is 3.32. The zero-order valence-corrected chi connectivity index (χ0v) is 9.51. The third-order valence-corrected chi connectivity index (χ3v) is 3.41. The number of nitrogens with zero attached hydrogens (tertiary/aromatic N) is 2. The summed E-state index contributed by atoms with van der Waals surface area (Å²) in [7, 11) is 0. The van der Waals surface area contributed by atoms with Gasteiger partial charge in [0, 0.05) is 10.4 Å². The highest BCUT2D eigenvalue weighted by atomic mass is 32.1. The van der Waals surface area contributed by atoms with Crippen LogP contribution in [0.4, 0.5) is 4.39 Å². The van der Waals surface area contributed by atoms with Crippen LogP contribution in [0, 0.1) is 24.1 Å². The summed E-state index contributed by atoms with van der Waals surface area (Å²) >= 11 is 1.45. The van der Waals surface area contributed by atoms with Gasteiger partial charge in [0.05, 0.1) is 18.2 Å². The zero-order chi connectivity index (χ0) is 11.5. The lowest BCUT2D eigenvalue weighted by molar-refractivity contribution is 0.628. The van der Waals surface area contributed by atoms with Crippen LogP contribution in [0.25, 0.3) is 10.6 Å². The monoisotopic (exact) mass is 232 g/mol. The van der Waals surface area contributed by atoms with E-state index in [1.54, 1.807) is 6.07 Å². The number of hydrogen-bond acceptors (Lipinski definition) is 3. The van der Waals surface area contributed by atoms with E-state index >= 15 is 0 Å². The van der Waals surface area contributed by atoms with Crippen LogP contribution in [-0.2, 0) is 6.42 Å². The Morgan fingerprint density at radius 1 is 1.50 bits per heavy atom. The molecular weight excluding hydrogens is 223 g/mol. The van der Waals surface area contributed by atoms with Gasteiger partial charge in [-0.1, -0.05) is 12.1 Å². The number of benzene rings is 1. The molecular formula is C12H9FN2S. The Hall–Kier alpha value is -1.73. The average Bonchev–Trinajstić information content (AvgIpc) is 2.61. The molecule has 2 aromatic rings. The molecule has 0 radical (unpaired) electrons. The van der Waals surface area contributed by atoms with E-state index < -0.39 is 0 Å². The first-order valence-corrected chi connectivity index (χ1v) is 5.61. The number of thiazole rings is 1. The molecule has 0 aliphatic carbocycles. The first-order valence-electron chi connectivity index (χ1n) is 4.80. The van der Waals surface area contributed by atoms with E-state index in [0.717, 1.165) is 21.1 Å². The minimum Gasteiger partial charge on any atom is -0.241 e. The first kappa shape index (κ1) is 10.8. The SMILES string of the molecule is Cc1nc(-c2cccc(F)c2)sc1CC#N. The van der Waals surface area contributed by atoms with Crippen molar-refractivity contribution in [2.45, 2.75) is 13.3 Å². The largest absolute Gasteiger partial charge is 0.241 e. The summed E-state index contributed by atoms with van der Waals surface area (Å²) in [5.41, 5.74) is 1.61. The molecule has 0 saturated heterocycles. The molecule has 4 heteroatoms. The molecule has 1 heterocycles. The number of aromatic nitrogens is 1. The van der Waals surface area contributed by atoms with Crippen LogP contribution < -0.4 is 0 Å². The quantitative estimate of drug-likeness (QED) is 0.796. The second kappa shape index (κ2) is 4.42. The fraction of sp³-hybridized carbons (Fsp3) is 0.167. The lowest BCUT2D eigenvalue weighted by atomic mass is 10.2. The molecule has 1 aromatic heterocycles. The number of aryl methyl sites for hydroxylation is 1. The zero-order valence-electron chi connectivity index (χ0n) is 8.70. The molecule has 2 nitrogen and oxygen atoms in total. The van der Waals surface area contributed by atoms with Gasteiger partial charge in [0.15, 0.2) is 0 Å². The van der Waals surface area contributed by atoms with E-state index in [0.29, 0.717) is 6.42 Å². The molecule has 0 aliphatic rings. The van der Waals surface area contributed by atoms with Gasteiger partial charge in [-0.25, -0.2) is 9.37 Å². The van der Waals surface area contributed by atoms with Gasteiger partial charge in [0.25, 0.3) is 0 Å². The van der Waals surface area contributed by atoms with Crippen LogP contribution in [0.5, 0.6) is 0 Å². The highest BCUT2D eigenvalue weighted by Gasteiger charge is 2.09. The van der Waals surface area contributed by atoms with Gasteiger partial charge in [0.1, 0.15) is 10.8 Å². The molecule has 0 spiro atoms. The van der Waals surface area contributed by atoms with E-state index in [1.165, 1.54) is 23.5 Å². The Bertz CT molecular complexity index is 554. The van der Waals surface area contributed by atoms with Crippen molar-refractivity contribution in [1.29, 1.82) is 5.26 Å². The Morgan fingerprint density at radius 3 is 3.00 bits per heavy atom. The van der Waals surface area contributed by atoms with Gasteiger partial charge < -0.3 is 0 Å². The maximum atomic E-state index is 13.0. The lowest BCUT2D eigenvalue weighted by Gasteiger charge is -1.94. The second-order valence-corrected chi connectivity index (χ2v) is 4.46. The van der Waals surface area contributed by atoms with E-state index in [4.69, 9.17) is 5.26 Å². The van der Waals surface area contributed by atoms with E-state index in [-0.39, 0.29) is 5.82 Å². The summed E-state index contributed by atoms with van der Waals surface area (Å²) in [5.74, 6) is -0.271. The molecule has 0 aliphatic heterocycles. The first-order chi connectivity index (χ1) is 7.70. The highest BCUT2D eigenvalue weighted by Crippen LogP contribution is 2.28. The normalized spacial score (nSPS) is 10.1. The molecule has 0 bridgehead atoms. The van der Waals surface area contributed by atoms with E-state index in [1.807, 2.05) is 13.0 Å². The molecule has 0 atom stereocenters. The Labute approximate surface area is 97.0 Å². The average molecular weight is 232 g/mol. The number of nitriles is 1. The summed E-state index contributed by atoms with van der Waals surface area (Å²) in [4.78, 5) is 5.29. The maximum absolute atomic E-state index is 13.0. The molecule has 0 saturated carbocycles. The summed E-state index contributed by atoms with van der Waals surface area (Å²) in [6.45, 7) is 1.87. The van der Waals surface area contributed by atoms with Gasteiger partial charge >= 0.3 is 0 Å². The van der Waals surface area contributed by atoms with E-state index in [9.17, 15) is 4.39 Å². The summed E-state index contributed by atoms with van der Waals surface area (Å²) in [5, 5.41) is 9.40. The minimum absolute atomic E-state index is 0.271. The molecule has 0 unspecified atom stereocenters. The Kier molecular flexibility index (Phi) is 2.97. The predicted molar refractivity (Wildman–Crippen MR) is 61.6 cm³/mol. The standard InChI is InChI=1S/C12H9FN2S/c1-8-11(5-6-14)16-12(15-8)9-3-2-4-10(13)7-9/h2-4,7H,5H2,1H3. The third kappa shape index (κ3) is 2.10. The van der Waals surface area contributed by atoms with Crippen molar-refractivity contribution in [3.05, 3.63) is 40.7 Å². The third-order valence-electron chi connectivity index (χ3n) is 2.20. The van der Waals surface area contributed by atoms with Gasteiger partial charge in [-0.15, -0.1) is 11.3 Å². The lowest BCUT2D eigenvalue weighted by Crippen LogP contribution is -1.80. The topological polar surface area (TPSA) is 36.7 Å². The fourth-order valence-electron chi connectivity index (χ4n) is 1.41. The molecule has 0 fully saturated rings. The summed E-state index contributed by atoms with van der Waals surface area (Å²) in [6, 6.07) is 8.43. The van der Waals surface area contributed by atoms with Crippen LogP contribution in [0.15, 0.2) is 24.3 Å². The van der Waals surface area contributed by atoms with Crippen molar-refractivity contribution in [2.75, 3.05) is 0 Å². The number of hydrogen-bond donors (Lipinski definition) is 0. The van der Waals surface area contributed by atoms with Crippen LogP contribution in [-0.4, -0.2) is 4.98 Å². The van der Waals surface area contributed by atoms with Crippen LogP contribution >= 0.6 is 11.3 Å². The van der Waals surface area contributed by atoms with Gasteiger partial charge in [-0.3, -0.25) is 0 Å². The Morgan fingerprint density at radius 2 is 2.31 bits per heavy atom. The minimum atomic E-state index is -0.271. The van der Waals surface area contributed by atoms with Crippen molar-refractivity contribution in [1.82, 2.24) is 4.98 Å². The van der Waals surface area contributed by atoms with Crippen molar-refractivity contribution in [3.8, 4) is 16.6 Å².